The van der Waals surface area contributed by atoms with Gasteiger partial charge in [-0.2, -0.15) is 0 Å². The number of benzene rings is 3. The molecular weight excluding hydrogens is 278 g/mol. The van der Waals surface area contributed by atoms with E-state index in [1.165, 1.54) is 60.2 Å². The molecule has 1 heteroatoms. The number of anilines is 1. The molecule has 0 saturated carbocycles. The molecule has 0 fully saturated rings. The zero-order valence-electron chi connectivity index (χ0n) is 14.1. The summed E-state index contributed by atoms with van der Waals surface area (Å²) in [5, 5.41) is 4.94. The van der Waals surface area contributed by atoms with Gasteiger partial charge in [0.15, 0.2) is 0 Å². The maximum atomic E-state index is 6.43. The summed E-state index contributed by atoms with van der Waals surface area (Å²) in [4.78, 5) is 0. The van der Waals surface area contributed by atoms with Crippen LogP contribution in [0, 0.1) is 0 Å². The Bertz CT molecular complexity index is 788. The summed E-state index contributed by atoms with van der Waals surface area (Å²) in [6.07, 6.45) is 9.19. The van der Waals surface area contributed by atoms with Crippen molar-refractivity contribution in [1.82, 2.24) is 0 Å². The third-order valence-corrected chi connectivity index (χ3v) is 4.84. The van der Waals surface area contributed by atoms with E-state index in [1.807, 2.05) is 0 Å². The summed E-state index contributed by atoms with van der Waals surface area (Å²) in [6.45, 7) is 2.27. The van der Waals surface area contributed by atoms with E-state index in [0.717, 1.165) is 17.5 Å². The molecule has 3 aromatic carbocycles. The van der Waals surface area contributed by atoms with E-state index < -0.39 is 0 Å². The molecule has 0 atom stereocenters. The summed E-state index contributed by atoms with van der Waals surface area (Å²) in [6, 6.07) is 17.3. The molecule has 0 bridgehead atoms. The van der Waals surface area contributed by atoms with Crippen LogP contribution in [0.2, 0.25) is 0 Å². The van der Waals surface area contributed by atoms with Gasteiger partial charge in [0.1, 0.15) is 0 Å². The lowest BCUT2D eigenvalue weighted by atomic mass is 9.95. The van der Waals surface area contributed by atoms with E-state index in [2.05, 4.69) is 55.5 Å². The molecule has 0 saturated heterocycles. The van der Waals surface area contributed by atoms with Crippen molar-refractivity contribution in [2.75, 3.05) is 5.73 Å². The lowest BCUT2D eigenvalue weighted by Crippen LogP contribution is -1.93. The smallest absolute Gasteiger partial charge is 0.0473 e. The first kappa shape index (κ1) is 15.9. The number of hydrogen-bond acceptors (Lipinski definition) is 1. The molecule has 0 amide bonds. The zero-order chi connectivity index (χ0) is 16.1. The fourth-order valence-corrected chi connectivity index (χ4v) is 3.50. The molecule has 0 aromatic heterocycles. The van der Waals surface area contributed by atoms with Gasteiger partial charge >= 0.3 is 0 Å². The van der Waals surface area contributed by atoms with Gasteiger partial charge in [0.25, 0.3) is 0 Å². The second-order valence-electron chi connectivity index (χ2n) is 6.54. The van der Waals surface area contributed by atoms with Crippen molar-refractivity contribution < 1.29 is 0 Å². The summed E-state index contributed by atoms with van der Waals surface area (Å²) in [7, 11) is 0. The van der Waals surface area contributed by atoms with E-state index in [9.17, 15) is 0 Å². The molecule has 3 aromatic rings. The lowest BCUT2D eigenvalue weighted by molar-refractivity contribution is 0.608. The average Bonchev–Trinajstić information content (AvgIpc) is 2.59. The number of fused-ring (bicyclic) bond motifs is 2. The highest BCUT2D eigenvalue weighted by molar-refractivity contribution is 6.10. The number of nitrogen functional groups attached to an aromatic ring is 1. The largest absolute Gasteiger partial charge is 0.398 e. The highest BCUT2D eigenvalue weighted by Crippen LogP contribution is 2.32. The highest BCUT2D eigenvalue weighted by atomic mass is 14.6. The van der Waals surface area contributed by atoms with Gasteiger partial charge in [0.2, 0.25) is 0 Å². The Hall–Kier alpha value is -2.02. The van der Waals surface area contributed by atoms with Crippen LogP contribution in [0.25, 0.3) is 21.5 Å². The molecule has 120 valence electrons. The third kappa shape index (κ3) is 3.50. The first-order valence-corrected chi connectivity index (χ1v) is 9.00. The third-order valence-electron chi connectivity index (χ3n) is 4.84. The van der Waals surface area contributed by atoms with E-state index >= 15 is 0 Å². The minimum atomic E-state index is 0.919. The highest BCUT2D eigenvalue weighted by Gasteiger charge is 2.07. The number of nitrogens with two attached hydrogens (primary N) is 1. The van der Waals surface area contributed by atoms with Gasteiger partial charge in [-0.1, -0.05) is 81.5 Å². The van der Waals surface area contributed by atoms with Crippen molar-refractivity contribution >= 4 is 27.2 Å². The first-order chi connectivity index (χ1) is 11.3. The normalized spacial score (nSPS) is 11.3. The summed E-state index contributed by atoms with van der Waals surface area (Å²) >= 11 is 0. The summed E-state index contributed by atoms with van der Waals surface area (Å²) in [5.41, 5.74) is 8.79. The van der Waals surface area contributed by atoms with Crippen LogP contribution in [0.1, 0.15) is 51.0 Å². The predicted octanol–water partition coefficient (Wildman–Crippen LogP) is 6.48. The Kier molecular flexibility index (Phi) is 5.17. The van der Waals surface area contributed by atoms with Crippen LogP contribution >= 0.6 is 0 Å². The van der Waals surface area contributed by atoms with Gasteiger partial charge in [0, 0.05) is 16.5 Å². The second-order valence-corrected chi connectivity index (χ2v) is 6.54. The molecule has 0 radical (unpaired) electrons. The fraction of sp³-hybridized carbons (Fsp3) is 0.364. The van der Waals surface area contributed by atoms with E-state index in [1.54, 1.807) is 0 Å². The van der Waals surface area contributed by atoms with Gasteiger partial charge in [-0.15, -0.1) is 0 Å². The standard InChI is InChI=1S/C22H27N/c1-2-3-4-5-6-7-11-17-13-10-15-20-21(17)16-18-12-8-9-14-19(18)22(20)23/h8-10,12-16H,2-7,11,23H2,1H3. The van der Waals surface area contributed by atoms with Crippen molar-refractivity contribution in [2.24, 2.45) is 0 Å². The first-order valence-electron chi connectivity index (χ1n) is 9.00. The Morgan fingerprint density at radius 2 is 1.48 bits per heavy atom. The molecule has 0 aliphatic carbocycles. The molecule has 0 unspecified atom stereocenters. The van der Waals surface area contributed by atoms with Crippen molar-refractivity contribution in [3.05, 3.63) is 54.1 Å². The van der Waals surface area contributed by atoms with E-state index in [0.29, 0.717) is 0 Å². The molecule has 1 nitrogen and oxygen atoms in total. The number of aryl methyl sites for hydroxylation is 1. The van der Waals surface area contributed by atoms with Crippen molar-refractivity contribution in [1.29, 1.82) is 0 Å². The predicted molar refractivity (Wildman–Crippen MR) is 103 cm³/mol. The lowest BCUT2D eigenvalue weighted by Gasteiger charge is -2.11. The maximum absolute atomic E-state index is 6.43. The molecule has 3 rings (SSSR count). The quantitative estimate of drug-likeness (QED) is 0.302. The van der Waals surface area contributed by atoms with Gasteiger partial charge in [-0.05, 0) is 35.2 Å². The van der Waals surface area contributed by atoms with Crippen molar-refractivity contribution in [3.8, 4) is 0 Å². The average molecular weight is 305 g/mol. The van der Waals surface area contributed by atoms with E-state index in [4.69, 9.17) is 5.73 Å². The fourth-order valence-electron chi connectivity index (χ4n) is 3.50. The Labute approximate surface area is 139 Å². The van der Waals surface area contributed by atoms with Crippen LogP contribution in [0.15, 0.2) is 48.5 Å². The number of hydrogen-bond donors (Lipinski definition) is 1. The Morgan fingerprint density at radius 3 is 2.35 bits per heavy atom. The van der Waals surface area contributed by atoms with E-state index in [-0.39, 0.29) is 0 Å². The summed E-state index contributed by atoms with van der Waals surface area (Å²) < 4.78 is 0. The maximum Gasteiger partial charge on any atom is 0.0473 e. The van der Waals surface area contributed by atoms with Gasteiger partial charge in [0.05, 0.1) is 0 Å². The van der Waals surface area contributed by atoms with Crippen molar-refractivity contribution in [3.63, 3.8) is 0 Å². The number of rotatable bonds is 7. The Balaban J connectivity index is 1.83. The van der Waals surface area contributed by atoms with Crippen LogP contribution in [-0.2, 0) is 6.42 Å². The summed E-state index contributed by atoms with van der Waals surface area (Å²) in [5.74, 6) is 0. The number of unbranched alkanes of at least 4 members (excludes halogenated alkanes) is 5. The SMILES string of the molecule is CCCCCCCCc1cccc2c(N)c3ccccc3cc12. The van der Waals surface area contributed by atoms with Crippen LogP contribution in [-0.4, -0.2) is 0 Å². The van der Waals surface area contributed by atoms with Gasteiger partial charge in [-0.3, -0.25) is 0 Å². The molecule has 23 heavy (non-hydrogen) atoms. The molecule has 0 heterocycles. The van der Waals surface area contributed by atoms with Crippen LogP contribution in [0.4, 0.5) is 5.69 Å². The molecular formula is C22H27N. The zero-order valence-corrected chi connectivity index (χ0v) is 14.1. The van der Waals surface area contributed by atoms with Crippen LogP contribution in [0.5, 0.6) is 0 Å². The molecule has 0 spiro atoms. The molecule has 0 aliphatic rings. The minimum Gasteiger partial charge on any atom is -0.398 e. The van der Waals surface area contributed by atoms with Crippen molar-refractivity contribution in [2.45, 2.75) is 51.9 Å². The van der Waals surface area contributed by atoms with Gasteiger partial charge < -0.3 is 5.73 Å². The monoisotopic (exact) mass is 305 g/mol. The molecule has 2 N–H and O–H groups in total. The van der Waals surface area contributed by atoms with Gasteiger partial charge in [-0.25, -0.2) is 0 Å². The minimum absolute atomic E-state index is 0.919. The van der Waals surface area contributed by atoms with Crippen LogP contribution < -0.4 is 5.73 Å². The second kappa shape index (κ2) is 7.50. The van der Waals surface area contributed by atoms with Crippen LogP contribution in [0.3, 0.4) is 0 Å². The molecule has 0 aliphatic heterocycles. The Morgan fingerprint density at radius 1 is 0.739 bits per heavy atom. The topological polar surface area (TPSA) is 26.0 Å².